The van der Waals surface area contributed by atoms with Crippen molar-refractivity contribution >= 4 is 18.1 Å². The van der Waals surface area contributed by atoms with Crippen LogP contribution in [0.3, 0.4) is 0 Å². The first-order valence-corrected chi connectivity index (χ1v) is 6.65. The van der Waals surface area contributed by atoms with Gasteiger partial charge in [-0.15, -0.1) is 0 Å². The van der Waals surface area contributed by atoms with Crippen LogP contribution in [0, 0.1) is 10.1 Å². The second kappa shape index (κ2) is 6.85. The van der Waals surface area contributed by atoms with Gasteiger partial charge in [-0.05, 0) is 32.9 Å². The maximum Gasteiger partial charge on any atom is 0.416 e. The number of benzene rings is 1. The van der Waals surface area contributed by atoms with Crippen molar-refractivity contribution < 1.29 is 32.4 Å². The number of nitrogens with one attached hydrogen (secondary N) is 1. The molecule has 0 radical (unpaired) electrons. The van der Waals surface area contributed by atoms with Crippen molar-refractivity contribution in [3.63, 3.8) is 0 Å². The zero-order valence-corrected chi connectivity index (χ0v) is 13.0. The molecule has 132 valence electrons. The largest absolute Gasteiger partial charge is 0.444 e. The van der Waals surface area contributed by atoms with Crippen molar-refractivity contribution in [1.29, 1.82) is 0 Å². The Hall–Kier alpha value is -2.65. The Kier molecular flexibility index (Phi) is 5.54. The highest BCUT2D eigenvalue weighted by Gasteiger charge is 2.34. The van der Waals surface area contributed by atoms with Gasteiger partial charge in [0.2, 0.25) is 0 Å². The first-order chi connectivity index (χ1) is 10.8. The zero-order valence-electron chi connectivity index (χ0n) is 13.0. The number of nitrogens with zero attached hydrogens (tertiary/aromatic N) is 1. The van der Waals surface area contributed by atoms with Crippen LogP contribution in [-0.2, 0) is 15.7 Å². The Morgan fingerprint density at radius 1 is 1.33 bits per heavy atom. The van der Waals surface area contributed by atoms with Crippen LogP contribution in [-0.4, -0.2) is 22.9 Å². The van der Waals surface area contributed by atoms with Crippen LogP contribution in [0.15, 0.2) is 18.2 Å². The van der Waals surface area contributed by atoms with Crippen LogP contribution in [0.4, 0.5) is 23.7 Å². The second-order valence-electron chi connectivity index (χ2n) is 5.79. The Balaban J connectivity index is 3.19. The fraction of sp³-hybridized carbons (Fsp3) is 0.429. The average molecular weight is 348 g/mol. The molecule has 1 aromatic rings. The first kappa shape index (κ1) is 19.4. The molecule has 0 bridgehead atoms. The molecule has 0 heterocycles. The van der Waals surface area contributed by atoms with E-state index in [-0.39, 0.29) is 11.8 Å². The summed E-state index contributed by atoms with van der Waals surface area (Å²) >= 11 is 0. The quantitative estimate of drug-likeness (QED) is 0.511. The number of hydrogen-bond acceptors (Lipinski definition) is 5. The third-order valence-corrected chi connectivity index (χ3v) is 2.70. The molecule has 1 atom stereocenters. The lowest BCUT2D eigenvalue weighted by molar-refractivity contribution is -0.385. The SMILES string of the molecule is CC(C)(C)OC(=O)NC(C=O)c1ccc(C(F)(F)F)cc1[N+](=O)[O-]. The van der Waals surface area contributed by atoms with E-state index in [1.165, 1.54) is 0 Å². The summed E-state index contributed by atoms with van der Waals surface area (Å²) in [5.74, 6) is 0. The lowest BCUT2D eigenvalue weighted by Crippen LogP contribution is -2.35. The Labute approximate surface area is 134 Å². The molecule has 0 aliphatic carbocycles. The molecule has 0 saturated heterocycles. The topological polar surface area (TPSA) is 98.5 Å². The predicted octanol–water partition coefficient (Wildman–Crippen LogP) is 3.38. The van der Waals surface area contributed by atoms with Crippen LogP contribution in [0.1, 0.15) is 37.9 Å². The van der Waals surface area contributed by atoms with Gasteiger partial charge < -0.3 is 14.8 Å². The minimum Gasteiger partial charge on any atom is -0.444 e. The number of alkyl carbamates (subject to hydrolysis) is 1. The molecule has 1 unspecified atom stereocenters. The van der Waals surface area contributed by atoms with E-state index in [1.54, 1.807) is 20.8 Å². The molecule has 1 aromatic carbocycles. The van der Waals surface area contributed by atoms with Gasteiger partial charge in [-0.1, -0.05) is 0 Å². The van der Waals surface area contributed by atoms with Crippen LogP contribution in [0.2, 0.25) is 0 Å². The number of alkyl halides is 3. The van der Waals surface area contributed by atoms with E-state index >= 15 is 0 Å². The van der Waals surface area contributed by atoms with E-state index in [1.807, 2.05) is 0 Å². The molecule has 0 saturated carbocycles. The third-order valence-electron chi connectivity index (χ3n) is 2.70. The van der Waals surface area contributed by atoms with Gasteiger partial charge in [0.05, 0.1) is 16.1 Å². The molecule has 7 nitrogen and oxygen atoms in total. The van der Waals surface area contributed by atoms with Crippen molar-refractivity contribution in [3.8, 4) is 0 Å². The number of nitro benzene ring substituents is 1. The lowest BCUT2D eigenvalue weighted by atomic mass is 10.0. The molecule has 0 spiro atoms. The van der Waals surface area contributed by atoms with E-state index in [9.17, 15) is 32.9 Å². The van der Waals surface area contributed by atoms with Gasteiger partial charge in [0.1, 0.15) is 17.9 Å². The van der Waals surface area contributed by atoms with Gasteiger partial charge >= 0.3 is 12.3 Å². The van der Waals surface area contributed by atoms with Crippen molar-refractivity contribution in [1.82, 2.24) is 5.32 Å². The monoisotopic (exact) mass is 348 g/mol. The maximum atomic E-state index is 12.7. The summed E-state index contributed by atoms with van der Waals surface area (Å²) in [7, 11) is 0. The number of halogens is 3. The molecule has 0 aromatic heterocycles. The molecule has 1 rings (SSSR count). The minimum atomic E-state index is -4.78. The van der Waals surface area contributed by atoms with Crippen molar-refractivity contribution in [3.05, 3.63) is 39.4 Å². The average Bonchev–Trinajstić information content (AvgIpc) is 2.41. The molecule has 0 aliphatic rings. The number of nitro groups is 1. The molecule has 0 fully saturated rings. The number of carbonyl (C=O) groups excluding carboxylic acids is 2. The number of ether oxygens (including phenoxy) is 1. The van der Waals surface area contributed by atoms with Gasteiger partial charge in [-0.3, -0.25) is 10.1 Å². The molecular weight excluding hydrogens is 333 g/mol. The van der Waals surface area contributed by atoms with Gasteiger partial charge in [0, 0.05) is 6.07 Å². The molecular formula is C14H15F3N2O5. The number of amides is 1. The summed E-state index contributed by atoms with van der Waals surface area (Å²) in [6, 6.07) is 0.151. The normalized spacial score (nSPS) is 13.1. The highest BCUT2D eigenvalue weighted by Crippen LogP contribution is 2.34. The summed E-state index contributed by atoms with van der Waals surface area (Å²) in [4.78, 5) is 32.8. The van der Waals surface area contributed by atoms with E-state index in [4.69, 9.17) is 4.74 Å². The third kappa shape index (κ3) is 5.21. The number of carbonyl (C=O) groups is 2. The smallest absolute Gasteiger partial charge is 0.416 e. The molecule has 10 heteroatoms. The number of hydrogen-bond donors (Lipinski definition) is 1. The minimum absolute atomic E-state index is 0.166. The molecule has 1 amide bonds. The number of rotatable bonds is 4. The highest BCUT2D eigenvalue weighted by molar-refractivity contribution is 5.76. The van der Waals surface area contributed by atoms with Crippen LogP contribution >= 0.6 is 0 Å². The molecule has 24 heavy (non-hydrogen) atoms. The predicted molar refractivity (Wildman–Crippen MR) is 76.3 cm³/mol. The van der Waals surface area contributed by atoms with Crippen LogP contribution in [0.25, 0.3) is 0 Å². The summed E-state index contributed by atoms with van der Waals surface area (Å²) in [6.07, 6.45) is -5.65. The first-order valence-electron chi connectivity index (χ1n) is 6.65. The van der Waals surface area contributed by atoms with E-state index in [0.29, 0.717) is 12.1 Å². The van der Waals surface area contributed by atoms with Gasteiger partial charge in [0.25, 0.3) is 5.69 Å². The Morgan fingerprint density at radius 2 is 1.92 bits per heavy atom. The van der Waals surface area contributed by atoms with Crippen LogP contribution in [0.5, 0.6) is 0 Å². The summed E-state index contributed by atoms with van der Waals surface area (Å²) < 4.78 is 42.9. The van der Waals surface area contributed by atoms with E-state index in [2.05, 4.69) is 5.32 Å². The van der Waals surface area contributed by atoms with Gasteiger partial charge in [-0.25, -0.2) is 4.79 Å². The highest BCUT2D eigenvalue weighted by atomic mass is 19.4. The molecule has 1 N–H and O–H groups in total. The van der Waals surface area contributed by atoms with E-state index in [0.717, 1.165) is 6.07 Å². The van der Waals surface area contributed by atoms with Gasteiger partial charge in [-0.2, -0.15) is 13.2 Å². The Bertz CT molecular complexity index is 653. The fourth-order valence-corrected chi connectivity index (χ4v) is 1.76. The lowest BCUT2D eigenvalue weighted by Gasteiger charge is -2.21. The van der Waals surface area contributed by atoms with E-state index < -0.39 is 40.1 Å². The second-order valence-corrected chi connectivity index (χ2v) is 5.79. The summed E-state index contributed by atoms with van der Waals surface area (Å²) in [6.45, 7) is 4.68. The van der Waals surface area contributed by atoms with Gasteiger partial charge in [0.15, 0.2) is 0 Å². The standard InChI is InChI=1S/C14H15F3N2O5/c1-13(2,3)24-12(21)18-10(7-20)9-5-4-8(14(15,16)17)6-11(9)19(22)23/h4-7,10H,1-3H3,(H,18,21). The fourth-order valence-electron chi connectivity index (χ4n) is 1.76. The van der Waals surface area contributed by atoms with Crippen LogP contribution < -0.4 is 5.32 Å². The Morgan fingerprint density at radius 3 is 2.33 bits per heavy atom. The number of aldehydes is 1. The zero-order chi connectivity index (χ0) is 18.7. The summed E-state index contributed by atoms with van der Waals surface area (Å²) in [5.41, 5.74) is -3.43. The van der Waals surface area contributed by atoms with Crippen molar-refractivity contribution in [2.45, 2.75) is 38.6 Å². The summed E-state index contributed by atoms with van der Waals surface area (Å²) in [5, 5.41) is 13.1. The van der Waals surface area contributed by atoms with Crippen molar-refractivity contribution in [2.24, 2.45) is 0 Å². The molecule has 0 aliphatic heterocycles. The van der Waals surface area contributed by atoms with Crippen molar-refractivity contribution in [2.75, 3.05) is 0 Å². The maximum absolute atomic E-state index is 12.7.